The summed E-state index contributed by atoms with van der Waals surface area (Å²) >= 11 is 0. The minimum atomic E-state index is -0.571. The number of benzene rings is 1. The number of hydrogen-bond acceptors (Lipinski definition) is 4. The molecular formula is C15H21NO4. The molecular weight excluding hydrogens is 258 g/mol. The Balaban J connectivity index is 1.71. The van der Waals surface area contributed by atoms with Crippen molar-refractivity contribution in [1.29, 1.82) is 0 Å². The third-order valence-electron chi connectivity index (χ3n) is 3.14. The van der Waals surface area contributed by atoms with E-state index in [0.717, 1.165) is 18.4 Å². The lowest BCUT2D eigenvalue weighted by molar-refractivity contribution is -0.0764. The maximum atomic E-state index is 11.4. The van der Waals surface area contributed by atoms with Crippen LogP contribution in [0.15, 0.2) is 24.3 Å². The molecule has 1 amide bonds. The van der Waals surface area contributed by atoms with Crippen LogP contribution in [0.5, 0.6) is 5.75 Å². The lowest BCUT2D eigenvalue weighted by Gasteiger charge is -2.34. The lowest BCUT2D eigenvalue weighted by Crippen LogP contribution is -2.39. The zero-order chi connectivity index (χ0) is 14.8. The van der Waals surface area contributed by atoms with Crippen LogP contribution in [-0.4, -0.2) is 22.9 Å². The van der Waals surface area contributed by atoms with Crippen molar-refractivity contribution < 1.29 is 19.5 Å². The van der Waals surface area contributed by atoms with Crippen LogP contribution in [-0.2, 0) is 9.57 Å². The van der Waals surface area contributed by atoms with Gasteiger partial charge in [0.1, 0.15) is 11.4 Å². The molecule has 1 aliphatic rings. The Morgan fingerprint density at radius 3 is 2.65 bits per heavy atom. The van der Waals surface area contributed by atoms with Crippen molar-refractivity contribution >= 4 is 6.09 Å². The zero-order valence-corrected chi connectivity index (χ0v) is 12.1. The molecule has 0 heterocycles. The van der Waals surface area contributed by atoms with Gasteiger partial charge in [-0.3, -0.25) is 4.84 Å². The van der Waals surface area contributed by atoms with Crippen molar-refractivity contribution in [1.82, 2.24) is 5.48 Å². The normalized spacial score (nSPS) is 21.9. The van der Waals surface area contributed by atoms with Gasteiger partial charge in [0.15, 0.2) is 0 Å². The number of aromatic hydroxyl groups is 1. The minimum absolute atomic E-state index is 0.00475. The van der Waals surface area contributed by atoms with Crippen LogP contribution in [0.25, 0.3) is 0 Å². The number of carbonyl (C=O) groups is 1. The van der Waals surface area contributed by atoms with Gasteiger partial charge in [-0.25, -0.2) is 4.79 Å². The number of hydrogen-bond donors (Lipinski definition) is 2. The van der Waals surface area contributed by atoms with E-state index in [4.69, 9.17) is 9.57 Å². The summed E-state index contributed by atoms with van der Waals surface area (Å²) < 4.78 is 5.08. The van der Waals surface area contributed by atoms with E-state index >= 15 is 0 Å². The molecule has 1 aliphatic carbocycles. The summed E-state index contributed by atoms with van der Waals surface area (Å²) in [4.78, 5) is 16.7. The molecule has 0 aliphatic heterocycles. The first-order valence-electron chi connectivity index (χ1n) is 6.77. The van der Waals surface area contributed by atoms with E-state index in [1.807, 2.05) is 12.1 Å². The molecule has 1 aromatic carbocycles. The van der Waals surface area contributed by atoms with Gasteiger partial charge in [-0.1, -0.05) is 12.1 Å². The van der Waals surface area contributed by atoms with Crippen molar-refractivity contribution in [3.8, 4) is 5.75 Å². The first-order valence-corrected chi connectivity index (χ1v) is 6.77. The van der Waals surface area contributed by atoms with Gasteiger partial charge in [-0.2, -0.15) is 5.48 Å². The largest absolute Gasteiger partial charge is 0.508 e. The Labute approximate surface area is 118 Å². The second kappa shape index (κ2) is 5.71. The van der Waals surface area contributed by atoms with Crippen LogP contribution in [0.1, 0.15) is 45.1 Å². The number of phenols is 1. The summed E-state index contributed by atoms with van der Waals surface area (Å²) in [6, 6.07) is 7.24. The summed E-state index contributed by atoms with van der Waals surface area (Å²) in [7, 11) is 0. The first-order chi connectivity index (χ1) is 9.33. The zero-order valence-electron chi connectivity index (χ0n) is 12.1. The van der Waals surface area contributed by atoms with E-state index in [0.29, 0.717) is 5.92 Å². The SMILES string of the molecule is CC(C)(C)OC(=O)NOC1CC(c2cccc(O)c2)C1. The molecule has 2 rings (SSSR count). The maximum Gasteiger partial charge on any atom is 0.431 e. The smallest absolute Gasteiger partial charge is 0.431 e. The van der Waals surface area contributed by atoms with E-state index in [2.05, 4.69) is 5.48 Å². The van der Waals surface area contributed by atoms with Crippen molar-refractivity contribution in [2.75, 3.05) is 0 Å². The monoisotopic (exact) mass is 279 g/mol. The van der Waals surface area contributed by atoms with Gasteiger partial charge in [-0.05, 0) is 57.2 Å². The number of hydroxylamine groups is 1. The molecule has 0 spiro atoms. The molecule has 0 aromatic heterocycles. The predicted octanol–water partition coefficient (Wildman–Crippen LogP) is 3.09. The van der Waals surface area contributed by atoms with Crippen LogP contribution < -0.4 is 5.48 Å². The number of rotatable bonds is 3. The van der Waals surface area contributed by atoms with Crippen molar-refractivity contribution in [3.63, 3.8) is 0 Å². The third-order valence-corrected chi connectivity index (χ3v) is 3.14. The van der Waals surface area contributed by atoms with Gasteiger partial charge < -0.3 is 9.84 Å². The lowest BCUT2D eigenvalue weighted by atomic mass is 9.77. The van der Waals surface area contributed by atoms with Crippen LogP contribution in [0, 0.1) is 0 Å². The number of carbonyl (C=O) groups excluding carboxylic acids is 1. The number of nitrogens with one attached hydrogen (secondary N) is 1. The van der Waals surface area contributed by atoms with Crippen molar-refractivity contribution in [2.24, 2.45) is 0 Å². The third kappa shape index (κ3) is 4.13. The van der Waals surface area contributed by atoms with Gasteiger partial charge in [0.2, 0.25) is 0 Å². The highest BCUT2D eigenvalue weighted by Gasteiger charge is 2.32. The van der Waals surface area contributed by atoms with Crippen molar-refractivity contribution in [3.05, 3.63) is 29.8 Å². The topological polar surface area (TPSA) is 67.8 Å². The molecule has 0 bridgehead atoms. The van der Waals surface area contributed by atoms with Gasteiger partial charge in [-0.15, -0.1) is 0 Å². The number of ether oxygens (including phenoxy) is 1. The Morgan fingerprint density at radius 2 is 2.05 bits per heavy atom. The fourth-order valence-corrected chi connectivity index (χ4v) is 2.14. The van der Waals surface area contributed by atoms with E-state index in [1.165, 1.54) is 0 Å². The quantitative estimate of drug-likeness (QED) is 0.834. The second-order valence-corrected chi connectivity index (χ2v) is 6.11. The summed E-state index contributed by atoms with van der Waals surface area (Å²) in [5, 5.41) is 9.43. The van der Waals surface area contributed by atoms with Gasteiger partial charge in [0, 0.05) is 0 Å². The minimum Gasteiger partial charge on any atom is -0.508 e. The second-order valence-electron chi connectivity index (χ2n) is 6.11. The van der Waals surface area contributed by atoms with Gasteiger partial charge >= 0.3 is 6.09 Å². The molecule has 1 aromatic rings. The number of amides is 1. The standard InChI is InChI=1S/C15H21NO4/c1-15(2,3)19-14(18)16-20-13-8-11(9-13)10-5-4-6-12(17)7-10/h4-7,11,13,17H,8-9H2,1-3H3,(H,16,18). The van der Waals surface area contributed by atoms with E-state index < -0.39 is 11.7 Å². The first kappa shape index (κ1) is 14.7. The molecule has 110 valence electrons. The molecule has 20 heavy (non-hydrogen) atoms. The average molecular weight is 279 g/mol. The van der Waals surface area contributed by atoms with Gasteiger partial charge in [0.05, 0.1) is 6.10 Å². The molecule has 0 atom stereocenters. The molecule has 0 radical (unpaired) electrons. The Bertz CT molecular complexity index is 475. The fraction of sp³-hybridized carbons (Fsp3) is 0.533. The highest BCUT2D eigenvalue weighted by Crippen LogP contribution is 2.39. The summed E-state index contributed by atoms with van der Waals surface area (Å²) in [6.07, 6.45) is 1.06. The van der Waals surface area contributed by atoms with Crippen LogP contribution in [0.2, 0.25) is 0 Å². The molecule has 5 nitrogen and oxygen atoms in total. The highest BCUT2D eigenvalue weighted by molar-refractivity contribution is 5.66. The average Bonchev–Trinajstić information content (AvgIpc) is 2.24. The summed E-state index contributed by atoms with van der Waals surface area (Å²) in [5.41, 5.74) is 2.88. The molecule has 0 unspecified atom stereocenters. The van der Waals surface area contributed by atoms with E-state index in [1.54, 1.807) is 32.9 Å². The highest BCUT2D eigenvalue weighted by atomic mass is 16.7. The predicted molar refractivity (Wildman–Crippen MR) is 74.3 cm³/mol. The molecule has 0 saturated heterocycles. The maximum absolute atomic E-state index is 11.4. The Hall–Kier alpha value is -1.75. The van der Waals surface area contributed by atoms with Crippen LogP contribution >= 0.6 is 0 Å². The molecule has 2 N–H and O–H groups in total. The molecule has 1 saturated carbocycles. The van der Waals surface area contributed by atoms with E-state index in [-0.39, 0.29) is 11.9 Å². The molecule has 5 heteroatoms. The number of phenolic OH excluding ortho intramolecular Hbond substituents is 1. The summed E-state index contributed by atoms with van der Waals surface area (Å²) in [5.74, 6) is 0.645. The summed E-state index contributed by atoms with van der Waals surface area (Å²) in [6.45, 7) is 5.40. The molecule has 1 fully saturated rings. The van der Waals surface area contributed by atoms with E-state index in [9.17, 15) is 9.90 Å². The van der Waals surface area contributed by atoms with Crippen LogP contribution in [0.4, 0.5) is 4.79 Å². The van der Waals surface area contributed by atoms with Crippen molar-refractivity contribution in [2.45, 2.75) is 51.2 Å². The Morgan fingerprint density at radius 1 is 1.35 bits per heavy atom. The fourth-order valence-electron chi connectivity index (χ4n) is 2.14. The van der Waals surface area contributed by atoms with Crippen LogP contribution in [0.3, 0.4) is 0 Å². The Kier molecular flexibility index (Phi) is 4.18. The van der Waals surface area contributed by atoms with Gasteiger partial charge in [0.25, 0.3) is 0 Å².